The van der Waals surface area contributed by atoms with Crippen molar-refractivity contribution in [1.29, 1.82) is 0 Å². The summed E-state index contributed by atoms with van der Waals surface area (Å²) in [5.41, 5.74) is 1.51. The molecule has 0 saturated heterocycles. The molecule has 0 aliphatic heterocycles. The number of ether oxygens (including phenoxy) is 2. The lowest BCUT2D eigenvalue weighted by Crippen LogP contribution is -2.11. The van der Waals surface area contributed by atoms with E-state index in [4.69, 9.17) is 21.1 Å². The highest BCUT2D eigenvalue weighted by Gasteiger charge is 2.18. The molecule has 0 saturated carbocycles. The zero-order chi connectivity index (χ0) is 20.4. The minimum atomic E-state index is -0.420. The first-order chi connectivity index (χ1) is 14.0. The number of carbonyl (C=O) groups is 1. The molecule has 8 heteroatoms. The maximum Gasteiger partial charge on any atom is 0.348 e. The number of esters is 1. The molecule has 0 aliphatic rings. The summed E-state index contributed by atoms with van der Waals surface area (Å²) < 4.78 is 25.7. The van der Waals surface area contributed by atoms with E-state index in [2.05, 4.69) is 5.10 Å². The van der Waals surface area contributed by atoms with Gasteiger partial charge in [0.2, 0.25) is 0 Å². The molecule has 0 unspecified atom stereocenters. The van der Waals surface area contributed by atoms with Crippen molar-refractivity contribution in [2.24, 2.45) is 0 Å². The minimum Gasteiger partial charge on any atom is -0.490 e. The van der Waals surface area contributed by atoms with E-state index in [0.29, 0.717) is 15.6 Å². The zero-order valence-corrected chi connectivity index (χ0v) is 17.0. The zero-order valence-electron chi connectivity index (χ0n) is 15.4. The lowest BCUT2D eigenvalue weighted by atomic mass is 10.3. The highest BCUT2D eigenvalue weighted by atomic mass is 35.5. The Bertz CT molecular complexity index is 1150. The number of aryl methyl sites for hydroxylation is 1. The summed E-state index contributed by atoms with van der Waals surface area (Å²) in [6.07, 6.45) is 0. The molecule has 4 aromatic rings. The number of hydrogen-bond acceptors (Lipinski definition) is 5. The molecular formula is C21H16ClFN2O3S. The van der Waals surface area contributed by atoms with Crippen LogP contribution in [0.4, 0.5) is 4.39 Å². The van der Waals surface area contributed by atoms with Crippen molar-refractivity contribution in [2.45, 2.75) is 6.92 Å². The van der Waals surface area contributed by atoms with Gasteiger partial charge in [-0.3, -0.25) is 0 Å². The summed E-state index contributed by atoms with van der Waals surface area (Å²) in [4.78, 5) is 13.7. The van der Waals surface area contributed by atoms with Gasteiger partial charge in [-0.25, -0.2) is 13.9 Å². The largest absolute Gasteiger partial charge is 0.490 e. The number of aromatic nitrogens is 2. The SMILES string of the molecule is Cc1nn(-c2ccc(F)cc2)c2sc(C(=O)OCCOc3ccc(Cl)cc3)cc12. The second-order valence-electron chi connectivity index (χ2n) is 6.24. The quantitative estimate of drug-likeness (QED) is 0.302. The molecule has 29 heavy (non-hydrogen) atoms. The smallest absolute Gasteiger partial charge is 0.348 e. The van der Waals surface area contributed by atoms with Gasteiger partial charge in [-0.2, -0.15) is 5.10 Å². The molecule has 0 radical (unpaired) electrons. The van der Waals surface area contributed by atoms with Gasteiger partial charge in [-0.1, -0.05) is 11.6 Å². The van der Waals surface area contributed by atoms with E-state index >= 15 is 0 Å². The second-order valence-corrected chi connectivity index (χ2v) is 7.71. The van der Waals surface area contributed by atoms with E-state index in [1.807, 2.05) is 6.92 Å². The number of rotatable bonds is 6. The molecule has 5 nitrogen and oxygen atoms in total. The molecule has 148 valence electrons. The first kappa shape index (κ1) is 19.4. The van der Waals surface area contributed by atoms with Gasteiger partial charge in [0.25, 0.3) is 0 Å². The number of carbonyl (C=O) groups excluding carboxylic acids is 1. The van der Waals surface area contributed by atoms with Gasteiger partial charge in [0.15, 0.2) is 0 Å². The summed E-state index contributed by atoms with van der Waals surface area (Å²) in [5, 5.41) is 5.98. The van der Waals surface area contributed by atoms with Crippen LogP contribution in [0.3, 0.4) is 0 Å². The van der Waals surface area contributed by atoms with Gasteiger partial charge in [-0.15, -0.1) is 11.3 Å². The molecule has 0 atom stereocenters. The van der Waals surface area contributed by atoms with Crippen LogP contribution in [0.5, 0.6) is 5.75 Å². The normalized spacial score (nSPS) is 11.0. The van der Waals surface area contributed by atoms with Crippen LogP contribution in [0.15, 0.2) is 54.6 Å². The number of fused-ring (bicyclic) bond motifs is 1. The maximum absolute atomic E-state index is 13.2. The summed E-state index contributed by atoms with van der Waals surface area (Å²) in [5.74, 6) is -0.0802. The van der Waals surface area contributed by atoms with Crippen molar-refractivity contribution >= 4 is 39.1 Å². The van der Waals surface area contributed by atoms with Crippen LogP contribution < -0.4 is 4.74 Å². The van der Waals surface area contributed by atoms with Gasteiger partial charge in [0.1, 0.15) is 34.5 Å². The minimum absolute atomic E-state index is 0.124. The van der Waals surface area contributed by atoms with E-state index < -0.39 is 5.97 Å². The third kappa shape index (κ3) is 4.26. The maximum atomic E-state index is 13.2. The van der Waals surface area contributed by atoms with E-state index in [0.717, 1.165) is 21.6 Å². The van der Waals surface area contributed by atoms with E-state index in [-0.39, 0.29) is 19.0 Å². The molecule has 2 aromatic carbocycles. The predicted octanol–water partition coefficient (Wildman–Crippen LogP) is 5.42. The van der Waals surface area contributed by atoms with E-state index in [1.54, 1.807) is 47.1 Å². The van der Waals surface area contributed by atoms with Crippen molar-refractivity contribution in [3.8, 4) is 11.4 Å². The average molecular weight is 431 g/mol. The van der Waals surface area contributed by atoms with Crippen molar-refractivity contribution in [3.05, 3.63) is 76.0 Å². The first-order valence-electron chi connectivity index (χ1n) is 8.82. The summed E-state index contributed by atoms with van der Waals surface area (Å²) in [7, 11) is 0. The van der Waals surface area contributed by atoms with E-state index in [1.165, 1.54) is 23.5 Å². The van der Waals surface area contributed by atoms with Crippen molar-refractivity contribution in [2.75, 3.05) is 13.2 Å². The Morgan fingerprint density at radius 2 is 1.86 bits per heavy atom. The fourth-order valence-electron chi connectivity index (χ4n) is 2.80. The van der Waals surface area contributed by atoms with Crippen molar-refractivity contribution in [1.82, 2.24) is 9.78 Å². The Kier molecular flexibility index (Phi) is 5.51. The van der Waals surface area contributed by atoms with Crippen molar-refractivity contribution < 1.29 is 18.7 Å². The third-order valence-electron chi connectivity index (χ3n) is 4.22. The van der Waals surface area contributed by atoms with Crippen LogP contribution in [0.1, 0.15) is 15.4 Å². The van der Waals surface area contributed by atoms with Crippen LogP contribution >= 0.6 is 22.9 Å². The van der Waals surface area contributed by atoms with Gasteiger partial charge in [0, 0.05) is 10.4 Å². The summed E-state index contributed by atoms with van der Waals surface area (Å²) >= 11 is 7.11. The average Bonchev–Trinajstić information content (AvgIpc) is 3.28. The lowest BCUT2D eigenvalue weighted by Gasteiger charge is -2.06. The summed E-state index contributed by atoms with van der Waals surface area (Å²) in [6, 6.07) is 14.8. The van der Waals surface area contributed by atoms with Crippen molar-refractivity contribution in [3.63, 3.8) is 0 Å². The molecule has 0 bridgehead atoms. The van der Waals surface area contributed by atoms with Crippen LogP contribution in [0, 0.1) is 12.7 Å². The Labute approximate surface area is 175 Å². The number of benzene rings is 2. The Morgan fingerprint density at radius 1 is 1.14 bits per heavy atom. The highest BCUT2D eigenvalue weighted by Crippen LogP contribution is 2.30. The standard InChI is InChI=1S/C21H16ClFN2O3S/c1-13-18-12-19(21(26)28-11-10-27-17-8-2-14(22)3-9-17)29-20(18)25(24-13)16-6-4-15(23)5-7-16/h2-9,12H,10-11H2,1H3. The second kappa shape index (κ2) is 8.23. The van der Waals surface area contributed by atoms with Gasteiger partial charge in [-0.05, 0) is 61.5 Å². The molecule has 2 heterocycles. The van der Waals surface area contributed by atoms with Crippen LogP contribution in [-0.2, 0) is 4.74 Å². The Morgan fingerprint density at radius 3 is 2.59 bits per heavy atom. The molecule has 0 spiro atoms. The van der Waals surface area contributed by atoms with Gasteiger partial charge in [0.05, 0.1) is 11.4 Å². The van der Waals surface area contributed by atoms with E-state index in [9.17, 15) is 9.18 Å². The molecular weight excluding hydrogens is 415 g/mol. The predicted molar refractivity (Wildman–Crippen MR) is 111 cm³/mol. The molecule has 0 fully saturated rings. The summed E-state index contributed by atoms with van der Waals surface area (Å²) in [6.45, 7) is 2.23. The highest BCUT2D eigenvalue weighted by molar-refractivity contribution is 7.20. The monoisotopic (exact) mass is 430 g/mol. The first-order valence-corrected chi connectivity index (χ1v) is 10.0. The molecule has 0 amide bonds. The molecule has 4 rings (SSSR count). The topological polar surface area (TPSA) is 53.4 Å². The van der Waals surface area contributed by atoms with Gasteiger partial charge >= 0.3 is 5.97 Å². The number of nitrogens with zero attached hydrogens (tertiary/aromatic N) is 2. The fourth-order valence-corrected chi connectivity index (χ4v) is 4.00. The van der Waals surface area contributed by atoms with Crippen LogP contribution in [0.25, 0.3) is 15.9 Å². The fraction of sp³-hybridized carbons (Fsp3) is 0.143. The Hall–Kier alpha value is -2.90. The third-order valence-corrected chi connectivity index (χ3v) is 5.56. The Balaban J connectivity index is 1.43. The van der Waals surface area contributed by atoms with Gasteiger partial charge < -0.3 is 9.47 Å². The molecule has 0 aliphatic carbocycles. The van der Waals surface area contributed by atoms with Crippen LogP contribution in [0.2, 0.25) is 5.02 Å². The number of halogens is 2. The molecule has 2 aromatic heterocycles. The number of thiophene rings is 1. The lowest BCUT2D eigenvalue weighted by molar-refractivity contribution is 0.0456. The molecule has 0 N–H and O–H groups in total. The number of hydrogen-bond donors (Lipinski definition) is 0. The van der Waals surface area contributed by atoms with Crippen LogP contribution in [-0.4, -0.2) is 29.0 Å².